The molecule has 1 saturated heterocycles. The maximum absolute atomic E-state index is 8.89. The van der Waals surface area contributed by atoms with E-state index < -0.39 is 0 Å². The quantitative estimate of drug-likeness (QED) is 0.753. The Morgan fingerprint density at radius 3 is 2.33 bits per heavy atom. The summed E-state index contributed by atoms with van der Waals surface area (Å²) >= 11 is 0. The van der Waals surface area contributed by atoms with E-state index in [1.54, 1.807) is 12.3 Å². The standard InChI is InChI=1S/C16H17BN2O2/c1-15(2)16(3,4)21-17(20-15)13-6-5-11-8-14(9-18)19-10-12(11)7-13/h5-8,10H,1-4H3. The van der Waals surface area contributed by atoms with Gasteiger partial charge in [0.2, 0.25) is 0 Å². The van der Waals surface area contributed by atoms with Crippen molar-refractivity contribution in [1.82, 2.24) is 4.98 Å². The summed E-state index contributed by atoms with van der Waals surface area (Å²) in [6.45, 7) is 8.15. The lowest BCUT2D eigenvalue weighted by Crippen LogP contribution is -2.41. The number of nitriles is 1. The van der Waals surface area contributed by atoms with Crippen molar-refractivity contribution in [2.45, 2.75) is 38.9 Å². The minimum absolute atomic E-state index is 0.352. The molecule has 2 heterocycles. The highest BCUT2D eigenvalue weighted by Gasteiger charge is 2.51. The van der Waals surface area contributed by atoms with E-state index in [0.717, 1.165) is 16.2 Å². The van der Waals surface area contributed by atoms with Crippen LogP contribution in [0.4, 0.5) is 0 Å². The van der Waals surface area contributed by atoms with Crippen LogP contribution in [0.25, 0.3) is 10.8 Å². The SMILES string of the molecule is CC1(C)OB(c2ccc3cc(C#N)ncc3c2)OC1(C)C. The fourth-order valence-electron chi connectivity index (χ4n) is 2.35. The second-order valence-corrected chi connectivity index (χ2v) is 6.38. The van der Waals surface area contributed by atoms with Crippen LogP contribution in [0.15, 0.2) is 30.5 Å². The summed E-state index contributed by atoms with van der Waals surface area (Å²) in [5.74, 6) is 0. The van der Waals surface area contributed by atoms with Gasteiger partial charge in [-0.3, -0.25) is 0 Å². The van der Waals surface area contributed by atoms with E-state index in [1.807, 2.05) is 52.0 Å². The number of rotatable bonds is 1. The first-order chi connectivity index (χ1) is 9.82. The summed E-state index contributed by atoms with van der Waals surface area (Å²) in [4.78, 5) is 4.11. The van der Waals surface area contributed by atoms with E-state index in [0.29, 0.717) is 5.69 Å². The minimum atomic E-state index is -0.380. The predicted octanol–water partition coefficient (Wildman–Crippen LogP) is 2.41. The van der Waals surface area contributed by atoms with Crippen molar-refractivity contribution in [3.63, 3.8) is 0 Å². The van der Waals surface area contributed by atoms with E-state index in [2.05, 4.69) is 4.98 Å². The zero-order valence-corrected chi connectivity index (χ0v) is 12.7. The van der Waals surface area contributed by atoms with E-state index >= 15 is 0 Å². The first-order valence-corrected chi connectivity index (χ1v) is 6.98. The Labute approximate surface area is 124 Å². The molecule has 1 aromatic heterocycles. The van der Waals surface area contributed by atoms with Gasteiger partial charge in [0, 0.05) is 6.20 Å². The lowest BCUT2D eigenvalue weighted by atomic mass is 9.78. The van der Waals surface area contributed by atoms with Crippen LogP contribution in [-0.2, 0) is 9.31 Å². The first kappa shape index (κ1) is 14.1. The van der Waals surface area contributed by atoms with Crippen molar-refractivity contribution in [2.24, 2.45) is 0 Å². The van der Waals surface area contributed by atoms with Crippen LogP contribution in [-0.4, -0.2) is 23.3 Å². The van der Waals surface area contributed by atoms with E-state index in [1.165, 1.54) is 0 Å². The van der Waals surface area contributed by atoms with Gasteiger partial charge in [-0.1, -0.05) is 18.2 Å². The third-order valence-electron chi connectivity index (χ3n) is 4.39. The Morgan fingerprint density at radius 2 is 1.71 bits per heavy atom. The van der Waals surface area contributed by atoms with Crippen LogP contribution in [0.1, 0.15) is 33.4 Å². The molecule has 1 fully saturated rings. The zero-order chi connectivity index (χ0) is 15.3. The van der Waals surface area contributed by atoms with Crippen LogP contribution >= 0.6 is 0 Å². The second-order valence-electron chi connectivity index (χ2n) is 6.38. The maximum Gasteiger partial charge on any atom is 0.494 e. The number of fused-ring (bicyclic) bond motifs is 1. The van der Waals surface area contributed by atoms with E-state index in [-0.39, 0.29) is 18.3 Å². The minimum Gasteiger partial charge on any atom is -0.399 e. The van der Waals surface area contributed by atoms with Gasteiger partial charge in [-0.2, -0.15) is 5.26 Å². The largest absolute Gasteiger partial charge is 0.494 e. The fraction of sp³-hybridized carbons (Fsp3) is 0.375. The molecule has 0 radical (unpaired) electrons. The average molecular weight is 280 g/mol. The maximum atomic E-state index is 8.89. The lowest BCUT2D eigenvalue weighted by Gasteiger charge is -2.32. The first-order valence-electron chi connectivity index (χ1n) is 6.98. The van der Waals surface area contributed by atoms with Crippen LogP contribution in [0.5, 0.6) is 0 Å². The third kappa shape index (κ3) is 2.31. The molecular weight excluding hydrogens is 263 g/mol. The van der Waals surface area contributed by atoms with Gasteiger partial charge >= 0.3 is 7.12 Å². The fourth-order valence-corrected chi connectivity index (χ4v) is 2.35. The average Bonchev–Trinajstić information content (AvgIpc) is 2.66. The summed E-state index contributed by atoms with van der Waals surface area (Å²) in [5.41, 5.74) is 0.684. The van der Waals surface area contributed by atoms with E-state index in [9.17, 15) is 0 Å². The summed E-state index contributed by atoms with van der Waals surface area (Å²) in [6.07, 6.45) is 1.71. The van der Waals surface area contributed by atoms with Gasteiger partial charge in [0.15, 0.2) is 0 Å². The summed E-state index contributed by atoms with van der Waals surface area (Å²) in [5, 5.41) is 10.8. The molecule has 1 aliphatic heterocycles. The number of benzene rings is 1. The zero-order valence-electron chi connectivity index (χ0n) is 12.7. The monoisotopic (exact) mass is 280 g/mol. The summed E-state index contributed by atoms with van der Waals surface area (Å²) in [6, 6.07) is 9.78. The molecule has 5 heteroatoms. The Bertz CT molecular complexity index is 734. The summed E-state index contributed by atoms with van der Waals surface area (Å²) < 4.78 is 12.1. The molecule has 0 atom stereocenters. The van der Waals surface area contributed by atoms with Crippen molar-refractivity contribution < 1.29 is 9.31 Å². The van der Waals surface area contributed by atoms with Gasteiger partial charge in [0.05, 0.1) is 11.2 Å². The highest BCUT2D eigenvalue weighted by molar-refractivity contribution is 6.62. The van der Waals surface area contributed by atoms with Crippen LogP contribution in [0.3, 0.4) is 0 Å². The molecule has 106 valence electrons. The molecule has 1 aromatic carbocycles. The molecule has 0 spiro atoms. The molecule has 1 aliphatic rings. The van der Waals surface area contributed by atoms with Crippen molar-refractivity contribution in [3.8, 4) is 6.07 Å². The number of nitrogens with zero attached hydrogens (tertiary/aromatic N) is 2. The molecule has 0 amide bonds. The Hall–Kier alpha value is -1.90. The molecule has 21 heavy (non-hydrogen) atoms. The van der Waals surface area contributed by atoms with Crippen molar-refractivity contribution in [2.75, 3.05) is 0 Å². The highest BCUT2D eigenvalue weighted by atomic mass is 16.7. The molecule has 3 rings (SSSR count). The molecular formula is C16H17BN2O2. The van der Waals surface area contributed by atoms with Crippen molar-refractivity contribution >= 4 is 23.4 Å². The molecule has 4 nitrogen and oxygen atoms in total. The Kier molecular flexibility index (Phi) is 3.05. The lowest BCUT2D eigenvalue weighted by molar-refractivity contribution is 0.00578. The second kappa shape index (κ2) is 4.55. The summed E-state index contributed by atoms with van der Waals surface area (Å²) in [7, 11) is -0.380. The predicted molar refractivity (Wildman–Crippen MR) is 82.2 cm³/mol. The van der Waals surface area contributed by atoms with Crippen LogP contribution in [0.2, 0.25) is 0 Å². The van der Waals surface area contributed by atoms with Gasteiger partial charge in [0.1, 0.15) is 11.8 Å². The smallest absolute Gasteiger partial charge is 0.399 e. The topological polar surface area (TPSA) is 55.1 Å². The highest BCUT2D eigenvalue weighted by Crippen LogP contribution is 2.36. The molecule has 2 aromatic rings. The van der Waals surface area contributed by atoms with E-state index in [4.69, 9.17) is 14.6 Å². The number of hydrogen-bond donors (Lipinski definition) is 0. The Morgan fingerprint density at radius 1 is 1.05 bits per heavy atom. The Balaban J connectivity index is 1.98. The van der Waals surface area contributed by atoms with Crippen molar-refractivity contribution in [3.05, 3.63) is 36.2 Å². The van der Waals surface area contributed by atoms with Crippen LogP contribution in [0, 0.1) is 11.3 Å². The molecule has 0 bridgehead atoms. The number of pyridine rings is 1. The normalized spacial score (nSPS) is 19.7. The molecule has 0 N–H and O–H groups in total. The number of hydrogen-bond acceptors (Lipinski definition) is 4. The molecule has 0 unspecified atom stereocenters. The van der Waals surface area contributed by atoms with Crippen LogP contribution < -0.4 is 5.46 Å². The van der Waals surface area contributed by atoms with Gasteiger partial charge in [-0.15, -0.1) is 0 Å². The molecule has 0 saturated carbocycles. The molecule has 0 aliphatic carbocycles. The number of aromatic nitrogens is 1. The third-order valence-corrected chi connectivity index (χ3v) is 4.39. The van der Waals surface area contributed by atoms with Gasteiger partial charge in [-0.25, -0.2) is 4.98 Å². The van der Waals surface area contributed by atoms with Gasteiger partial charge in [-0.05, 0) is 50.0 Å². The van der Waals surface area contributed by atoms with Gasteiger partial charge < -0.3 is 9.31 Å². The van der Waals surface area contributed by atoms with Crippen molar-refractivity contribution in [1.29, 1.82) is 5.26 Å². The van der Waals surface area contributed by atoms with Gasteiger partial charge in [0.25, 0.3) is 0 Å².